The molecule has 0 aliphatic rings. The van der Waals surface area contributed by atoms with Crippen molar-refractivity contribution in [3.8, 4) is 0 Å². The average molecular weight is 271 g/mol. The lowest BCUT2D eigenvalue weighted by molar-refractivity contribution is -0.135. The van der Waals surface area contributed by atoms with E-state index in [0.29, 0.717) is 11.9 Å². The van der Waals surface area contributed by atoms with Crippen LogP contribution in [-0.2, 0) is 19.3 Å². The van der Waals surface area contributed by atoms with E-state index in [4.69, 9.17) is 11.5 Å². The molecule has 104 valence electrons. The molecule has 0 saturated heterocycles. The Hall–Kier alpha value is -1.69. The number of nitrogens with two attached hydrogens (primary N) is 2. The van der Waals surface area contributed by atoms with Gasteiger partial charge in [-0.1, -0.05) is 13.3 Å². The largest absolute Gasteiger partial charge is 0.419 e. The van der Waals surface area contributed by atoms with E-state index in [9.17, 15) is 13.2 Å². The quantitative estimate of drug-likeness (QED) is 0.843. The maximum absolute atomic E-state index is 13.1. The van der Waals surface area contributed by atoms with Crippen molar-refractivity contribution in [2.75, 3.05) is 5.73 Å². The number of halogens is 3. The van der Waals surface area contributed by atoms with Crippen molar-refractivity contribution in [2.45, 2.75) is 32.6 Å². The van der Waals surface area contributed by atoms with Crippen molar-refractivity contribution in [3.63, 3.8) is 0 Å². The maximum Gasteiger partial charge on any atom is 0.419 e. The van der Waals surface area contributed by atoms with Crippen LogP contribution in [0.15, 0.2) is 18.2 Å². The SMILES string of the molecule is CCCc1cc2c(C(F)(F)F)c(N)ccc2n1CN. The summed E-state index contributed by atoms with van der Waals surface area (Å²) in [5.41, 5.74) is 11.4. The van der Waals surface area contributed by atoms with Gasteiger partial charge in [0, 0.05) is 16.8 Å². The topological polar surface area (TPSA) is 57.0 Å². The molecule has 1 aromatic carbocycles. The van der Waals surface area contributed by atoms with Crippen LogP contribution in [0.4, 0.5) is 18.9 Å². The van der Waals surface area contributed by atoms with E-state index in [1.807, 2.05) is 6.92 Å². The Labute approximate surface area is 109 Å². The molecule has 4 N–H and O–H groups in total. The number of aryl methyl sites for hydroxylation is 1. The Morgan fingerprint density at radius 3 is 2.47 bits per heavy atom. The molecule has 0 fully saturated rings. The molecule has 0 saturated carbocycles. The molecule has 6 heteroatoms. The molecule has 1 heterocycles. The van der Waals surface area contributed by atoms with Crippen molar-refractivity contribution in [1.82, 2.24) is 4.57 Å². The minimum absolute atomic E-state index is 0.126. The maximum atomic E-state index is 13.1. The summed E-state index contributed by atoms with van der Waals surface area (Å²) in [6.07, 6.45) is -2.94. The van der Waals surface area contributed by atoms with Crippen molar-refractivity contribution < 1.29 is 13.2 Å². The van der Waals surface area contributed by atoms with Gasteiger partial charge in [-0.25, -0.2) is 0 Å². The Morgan fingerprint density at radius 2 is 1.95 bits per heavy atom. The molecular formula is C13H16F3N3. The normalized spacial score (nSPS) is 12.3. The molecular weight excluding hydrogens is 255 g/mol. The number of anilines is 1. The van der Waals surface area contributed by atoms with Crippen LogP contribution in [0.5, 0.6) is 0 Å². The second-order valence-corrected chi connectivity index (χ2v) is 4.46. The average Bonchev–Trinajstić information content (AvgIpc) is 2.64. The van der Waals surface area contributed by atoms with Gasteiger partial charge in [-0.15, -0.1) is 0 Å². The van der Waals surface area contributed by atoms with Crippen LogP contribution in [0, 0.1) is 0 Å². The van der Waals surface area contributed by atoms with Gasteiger partial charge in [-0.3, -0.25) is 0 Å². The van der Waals surface area contributed by atoms with Gasteiger partial charge in [0.05, 0.1) is 17.7 Å². The predicted octanol–water partition coefficient (Wildman–Crippen LogP) is 3.11. The summed E-state index contributed by atoms with van der Waals surface area (Å²) in [6.45, 7) is 2.12. The molecule has 19 heavy (non-hydrogen) atoms. The second-order valence-electron chi connectivity index (χ2n) is 4.46. The lowest BCUT2D eigenvalue weighted by Crippen LogP contribution is -2.11. The fourth-order valence-electron chi connectivity index (χ4n) is 2.40. The number of hydrogen-bond acceptors (Lipinski definition) is 2. The van der Waals surface area contributed by atoms with Gasteiger partial charge in [0.2, 0.25) is 0 Å². The lowest BCUT2D eigenvalue weighted by atomic mass is 10.1. The summed E-state index contributed by atoms with van der Waals surface area (Å²) < 4.78 is 41.0. The fraction of sp³-hybridized carbons (Fsp3) is 0.385. The van der Waals surface area contributed by atoms with Gasteiger partial charge in [-0.05, 0) is 24.6 Å². The van der Waals surface area contributed by atoms with E-state index in [1.165, 1.54) is 6.07 Å². The van der Waals surface area contributed by atoms with Crippen molar-refractivity contribution in [3.05, 3.63) is 29.5 Å². The highest BCUT2D eigenvalue weighted by Crippen LogP contribution is 2.39. The molecule has 0 unspecified atom stereocenters. The molecule has 0 atom stereocenters. The van der Waals surface area contributed by atoms with Crippen LogP contribution < -0.4 is 11.5 Å². The minimum Gasteiger partial charge on any atom is -0.398 e. The number of nitrogen functional groups attached to an aromatic ring is 1. The summed E-state index contributed by atoms with van der Waals surface area (Å²) in [5, 5.41) is 0.126. The summed E-state index contributed by atoms with van der Waals surface area (Å²) >= 11 is 0. The first-order valence-corrected chi connectivity index (χ1v) is 6.08. The number of alkyl halides is 3. The van der Waals surface area contributed by atoms with E-state index < -0.39 is 11.7 Å². The van der Waals surface area contributed by atoms with Crippen LogP contribution >= 0.6 is 0 Å². The minimum atomic E-state index is -4.46. The zero-order chi connectivity index (χ0) is 14.2. The highest BCUT2D eigenvalue weighted by atomic mass is 19.4. The van der Waals surface area contributed by atoms with Crippen LogP contribution in [0.3, 0.4) is 0 Å². The highest BCUT2D eigenvalue weighted by molar-refractivity contribution is 5.89. The highest BCUT2D eigenvalue weighted by Gasteiger charge is 2.35. The number of nitrogens with zero attached hydrogens (tertiary/aromatic N) is 1. The predicted molar refractivity (Wildman–Crippen MR) is 69.5 cm³/mol. The van der Waals surface area contributed by atoms with Gasteiger partial charge >= 0.3 is 6.18 Å². The Balaban J connectivity index is 2.79. The van der Waals surface area contributed by atoms with E-state index in [-0.39, 0.29) is 17.7 Å². The standard InChI is InChI=1S/C13H16F3N3/c1-2-3-8-6-9-11(19(8)7-17)5-4-10(18)12(9)13(14,15)16/h4-6H,2-3,7,17-18H2,1H3. The smallest absolute Gasteiger partial charge is 0.398 e. The molecule has 0 amide bonds. The lowest BCUT2D eigenvalue weighted by Gasteiger charge is -2.12. The second kappa shape index (κ2) is 4.77. The number of hydrogen-bond donors (Lipinski definition) is 2. The number of benzene rings is 1. The van der Waals surface area contributed by atoms with E-state index in [1.54, 1.807) is 16.7 Å². The summed E-state index contributed by atoms with van der Waals surface area (Å²) in [6, 6.07) is 4.42. The first-order valence-electron chi connectivity index (χ1n) is 6.08. The molecule has 0 bridgehead atoms. The summed E-state index contributed by atoms with van der Waals surface area (Å²) in [7, 11) is 0. The van der Waals surface area contributed by atoms with Gasteiger partial charge < -0.3 is 16.0 Å². The third-order valence-corrected chi connectivity index (χ3v) is 3.18. The van der Waals surface area contributed by atoms with Crippen molar-refractivity contribution in [1.29, 1.82) is 0 Å². The summed E-state index contributed by atoms with van der Waals surface area (Å²) in [4.78, 5) is 0. The first kappa shape index (κ1) is 13.7. The molecule has 0 aliphatic heterocycles. The van der Waals surface area contributed by atoms with E-state index >= 15 is 0 Å². The van der Waals surface area contributed by atoms with Crippen molar-refractivity contribution in [2.24, 2.45) is 5.73 Å². The van der Waals surface area contributed by atoms with Gasteiger partial charge in [0.1, 0.15) is 0 Å². The number of aromatic nitrogens is 1. The van der Waals surface area contributed by atoms with Crippen molar-refractivity contribution >= 4 is 16.6 Å². The third-order valence-electron chi connectivity index (χ3n) is 3.18. The molecule has 0 spiro atoms. The van der Waals surface area contributed by atoms with Gasteiger partial charge in [0.15, 0.2) is 0 Å². The zero-order valence-corrected chi connectivity index (χ0v) is 10.6. The zero-order valence-electron chi connectivity index (χ0n) is 10.6. The molecule has 0 aliphatic carbocycles. The van der Waals surface area contributed by atoms with Crippen LogP contribution in [0.2, 0.25) is 0 Å². The molecule has 1 aromatic heterocycles. The summed E-state index contributed by atoms with van der Waals surface area (Å²) in [5.74, 6) is 0. The Kier molecular flexibility index (Phi) is 3.45. The molecule has 0 radical (unpaired) electrons. The Bertz CT molecular complexity index is 599. The number of fused-ring (bicyclic) bond motifs is 1. The van der Waals surface area contributed by atoms with E-state index in [0.717, 1.165) is 12.1 Å². The van der Waals surface area contributed by atoms with Crippen LogP contribution in [0.1, 0.15) is 24.6 Å². The van der Waals surface area contributed by atoms with Crippen LogP contribution in [0.25, 0.3) is 10.9 Å². The van der Waals surface area contributed by atoms with Gasteiger partial charge in [-0.2, -0.15) is 13.2 Å². The fourth-order valence-corrected chi connectivity index (χ4v) is 2.40. The first-order chi connectivity index (χ1) is 8.90. The number of rotatable bonds is 3. The van der Waals surface area contributed by atoms with Gasteiger partial charge in [0.25, 0.3) is 0 Å². The monoisotopic (exact) mass is 271 g/mol. The molecule has 2 rings (SSSR count). The van der Waals surface area contributed by atoms with Crippen LogP contribution in [-0.4, -0.2) is 4.57 Å². The molecule has 2 aromatic rings. The van der Waals surface area contributed by atoms with E-state index in [2.05, 4.69) is 0 Å². The Morgan fingerprint density at radius 1 is 1.26 bits per heavy atom. The molecule has 3 nitrogen and oxygen atoms in total. The third kappa shape index (κ3) is 2.28.